The molecule has 0 bridgehead atoms. The first-order valence-corrected chi connectivity index (χ1v) is 5.34. The molecule has 3 heteroatoms. The Morgan fingerprint density at radius 1 is 1.18 bits per heavy atom. The van der Waals surface area contributed by atoms with Crippen molar-refractivity contribution in [3.63, 3.8) is 0 Å². The zero-order valence-corrected chi connectivity index (χ0v) is 9.47. The fourth-order valence-corrected chi connectivity index (χ4v) is 1.30. The number of halogens is 1. The molecule has 2 nitrogen and oxygen atoms in total. The monoisotopic (exact) mass is 270 g/mol. The summed E-state index contributed by atoms with van der Waals surface area (Å²) in [6.45, 7) is 7.72. The van der Waals surface area contributed by atoms with Gasteiger partial charge >= 0.3 is 0 Å². The lowest BCUT2D eigenvalue weighted by atomic mass is 9.95. The van der Waals surface area contributed by atoms with Gasteiger partial charge in [-0.15, -0.1) is 0 Å². The van der Waals surface area contributed by atoms with E-state index in [1.54, 1.807) is 0 Å². The zero-order valence-electron chi connectivity index (χ0n) is 7.32. The van der Waals surface area contributed by atoms with Crippen LogP contribution in [0.1, 0.15) is 20.8 Å². The molecule has 66 valence electrons. The van der Waals surface area contributed by atoms with Gasteiger partial charge in [0, 0.05) is 9.84 Å². The number of alkyl halides is 1. The smallest absolute Gasteiger partial charge is 0.162 e. The molecular formula is C8H15IO2. The normalized spacial score (nSPS) is 28.4. The molecule has 0 unspecified atom stereocenters. The molecule has 1 saturated heterocycles. The third-order valence-electron chi connectivity index (χ3n) is 1.86. The lowest BCUT2D eigenvalue weighted by molar-refractivity contribution is -0.277. The van der Waals surface area contributed by atoms with E-state index in [4.69, 9.17) is 9.47 Å². The Labute approximate surface area is 81.8 Å². The van der Waals surface area contributed by atoms with Gasteiger partial charge < -0.3 is 9.47 Å². The SMILES string of the molecule is CC1(CI)COC(C)(C)OC1. The van der Waals surface area contributed by atoms with Crippen molar-refractivity contribution in [2.75, 3.05) is 17.6 Å². The molecule has 0 atom stereocenters. The van der Waals surface area contributed by atoms with Gasteiger partial charge in [-0.2, -0.15) is 0 Å². The molecule has 0 saturated carbocycles. The Balaban J connectivity index is 2.48. The molecule has 0 N–H and O–H groups in total. The highest BCUT2D eigenvalue weighted by Crippen LogP contribution is 2.30. The highest BCUT2D eigenvalue weighted by Gasteiger charge is 2.35. The molecule has 1 aliphatic rings. The van der Waals surface area contributed by atoms with Crippen LogP contribution >= 0.6 is 22.6 Å². The summed E-state index contributed by atoms with van der Waals surface area (Å²) in [4.78, 5) is 0. The Morgan fingerprint density at radius 2 is 1.64 bits per heavy atom. The van der Waals surface area contributed by atoms with E-state index >= 15 is 0 Å². The minimum Gasteiger partial charge on any atom is -0.350 e. The van der Waals surface area contributed by atoms with E-state index in [2.05, 4.69) is 29.5 Å². The van der Waals surface area contributed by atoms with Crippen LogP contribution < -0.4 is 0 Å². The van der Waals surface area contributed by atoms with E-state index in [0.717, 1.165) is 17.6 Å². The minimum absolute atomic E-state index is 0.218. The first-order valence-electron chi connectivity index (χ1n) is 3.81. The van der Waals surface area contributed by atoms with E-state index in [9.17, 15) is 0 Å². The molecule has 1 aliphatic heterocycles. The Bertz CT molecular complexity index is 135. The van der Waals surface area contributed by atoms with E-state index < -0.39 is 0 Å². The van der Waals surface area contributed by atoms with Crippen molar-refractivity contribution in [3.05, 3.63) is 0 Å². The molecule has 0 spiro atoms. The Morgan fingerprint density at radius 3 is 2.00 bits per heavy atom. The molecule has 1 rings (SSSR count). The van der Waals surface area contributed by atoms with Gasteiger partial charge in [0.15, 0.2) is 5.79 Å². The van der Waals surface area contributed by atoms with E-state index in [1.807, 2.05) is 13.8 Å². The van der Waals surface area contributed by atoms with Crippen molar-refractivity contribution in [2.45, 2.75) is 26.6 Å². The fraction of sp³-hybridized carbons (Fsp3) is 1.00. The molecule has 0 amide bonds. The van der Waals surface area contributed by atoms with Crippen LogP contribution in [0.5, 0.6) is 0 Å². The summed E-state index contributed by atoms with van der Waals surface area (Å²) in [7, 11) is 0. The van der Waals surface area contributed by atoms with Crippen LogP contribution in [0.2, 0.25) is 0 Å². The Kier molecular flexibility index (Phi) is 2.82. The zero-order chi connectivity index (χ0) is 8.54. The largest absolute Gasteiger partial charge is 0.350 e. The molecule has 0 aromatic rings. The van der Waals surface area contributed by atoms with Crippen LogP contribution in [0.3, 0.4) is 0 Å². The molecule has 1 fully saturated rings. The summed E-state index contributed by atoms with van der Waals surface area (Å²) in [5.74, 6) is -0.370. The van der Waals surface area contributed by atoms with Gasteiger partial charge in [0.1, 0.15) is 0 Å². The summed E-state index contributed by atoms with van der Waals surface area (Å²) in [5.41, 5.74) is 0.218. The van der Waals surface area contributed by atoms with Crippen LogP contribution in [0.4, 0.5) is 0 Å². The number of ether oxygens (including phenoxy) is 2. The van der Waals surface area contributed by atoms with E-state index in [1.165, 1.54) is 0 Å². The average Bonchev–Trinajstić information content (AvgIpc) is 1.97. The van der Waals surface area contributed by atoms with Crippen molar-refractivity contribution in [1.29, 1.82) is 0 Å². The maximum atomic E-state index is 5.54. The van der Waals surface area contributed by atoms with Crippen LogP contribution in [0.25, 0.3) is 0 Å². The second-order valence-corrected chi connectivity index (χ2v) is 4.68. The van der Waals surface area contributed by atoms with Gasteiger partial charge in [0.05, 0.1) is 13.2 Å². The predicted octanol–water partition coefficient (Wildman–Crippen LogP) is 2.21. The summed E-state index contributed by atoms with van der Waals surface area (Å²) >= 11 is 2.38. The average molecular weight is 270 g/mol. The number of rotatable bonds is 1. The van der Waals surface area contributed by atoms with Gasteiger partial charge in [-0.3, -0.25) is 0 Å². The lowest BCUT2D eigenvalue weighted by Gasteiger charge is -2.40. The quantitative estimate of drug-likeness (QED) is 0.537. The summed E-state index contributed by atoms with van der Waals surface area (Å²) in [6.07, 6.45) is 0. The topological polar surface area (TPSA) is 18.5 Å². The minimum atomic E-state index is -0.370. The van der Waals surface area contributed by atoms with Crippen molar-refractivity contribution >= 4 is 22.6 Å². The van der Waals surface area contributed by atoms with Gasteiger partial charge in [-0.1, -0.05) is 29.5 Å². The fourth-order valence-electron chi connectivity index (χ4n) is 0.857. The second-order valence-electron chi connectivity index (χ2n) is 3.92. The molecule has 0 aromatic carbocycles. The highest BCUT2D eigenvalue weighted by molar-refractivity contribution is 14.1. The Hall–Kier alpha value is 0.650. The predicted molar refractivity (Wildman–Crippen MR) is 53.0 cm³/mol. The second kappa shape index (κ2) is 3.18. The lowest BCUT2D eigenvalue weighted by Crippen LogP contribution is -2.45. The van der Waals surface area contributed by atoms with Gasteiger partial charge in [0.2, 0.25) is 0 Å². The molecule has 0 radical (unpaired) electrons. The van der Waals surface area contributed by atoms with E-state index in [-0.39, 0.29) is 11.2 Å². The van der Waals surface area contributed by atoms with Crippen molar-refractivity contribution in [1.82, 2.24) is 0 Å². The van der Waals surface area contributed by atoms with Crippen molar-refractivity contribution in [2.24, 2.45) is 5.41 Å². The first kappa shape index (κ1) is 9.74. The van der Waals surface area contributed by atoms with Crippen LogP contribution in [-0.4, -0.2) is 23.4 Å². The molecule has 0 aromatic heterocycles. The summed E-state index contributed by atoms with van der Waals surface area (Å²) < 4.78 is 12.2. The number of hydrogen-bond acceptors (Lipinski definition) is 2. The maximum Gasteiger partial charge on any atom is 0.162 e. The molecular weight excluding hydrogens is 255 g/mol. The van der Waals surface area contributed by atoms with Crippen molar-refractivity contribution in [3.8, 4) is 0 Å². The van der Waals surface area contributed by atoms with Gasteiger partial charge in [0.25, 0.3) is 0 Å². The first-order chi connectivity index (χ1) is 4.97. The standard InChI is InChI=1S/C8H15IO2/c1-7(2)10-5-8(3,4-9)6-11-7/h4-6H2,1-3H3. The third kappa shape index (κ3) is 2.56. The van der Waals surface area contributed by atoms with Crippen molar-refractivity contribution < 1.29 is 9.47 Å². The van der Waals surface area contributed by atoms with Crippen LogP contribution in [-0.2, 0) is 9.47 Å². The van der Waals surface area contributed by atoms with Crippen LogP contribution in [0.15, 0.2) is 0 Å². The summed E-state index contributed by atoms with van der Waals surface area (Å²) in [6, 6.07) is 0. The van der Waals surface area contributed by atoms with Crippen LogP contribution in [0, 0.1) is 5.41 Å². The molecule has 11 heavy (non-hydrogen) atoms. The molecule has 0 aliphatic carbocycles. The third-order valence-corrected chi connectivity index (χ3v) is 3.70. The number of hydrogen-bond donors (Lipinski definition) is 0. The van der Waals surface area contributed by atoms with Gasteiger partial charge in [-0.25, -0.2) is 0 Å². The summed E-state index contributed by atoms with van der Waals surface area (Å²) in [5, 5.41) is 0. The maximum absolute atomic E-state index is 5.54. The molecule has 1 heterocycles. The highest BCUT2D eigenvalue weighted by atomic mass is 127. The van der Waals surface area contributed by atoms with Gasteiger partial charge in [-0.05, 0) is 13.8 Å². The van der Waals surface area contributed by atoms with E-state index in [0.29, 0.717) is 0 Å².